The van der Waals surface area contributed by atoms with E-state index in [0.717, 1.165) is 16.7 Å². The fourth-order valence-corrected chi connectivity index (χ4v) is 6.08. The Labute approximate surface area is 172 Å². The van der Waals surface area contributed by atoms with Crippen LogP contribution in [0.25, 0.3) is 11.3 Å². The Kier molecular flexibility index (Phi) is 6.73. The van der Waals surface area contributed by atoms with Crippen LogP contribution in [0.15, 0.2) is 67.3 Å². The molecule has 0 N–H and O–H groups in total. The van der Waals surface area contributed by atoms with Gasteiger partial charge in [0.05, 0.1) is 24.2 Å². The lowest BCUT2D eigenvalue weighted by atomic mass is 9.96. The van der Waals surface area contributed by atoms with Crippen LogP contribution >= 0.6 is 7.52 Å². The number of esters is 1. The third kappa shape index (κ3) is 4.07. The van der Waals surface area contributed by atoms with E-state index in [2.05, 4.69) is 6.58 Å². The van der Waals surface area contributed by atoms with Crippen LogP contribution in [0.3, 0.4) is 0 Å². The van der Waals surface area contributed by atoms with Crippen molar-refractivity contribution in [2.45, 2.75) is 20.3 Å². The van der Waals surface area contributed by atoms with Crippen molar-refractivity contribution in [2.75, 3.05) is 19.8 Å². The maximum Gasteiger partial charge on any atom is 0.327 e. The zero-order valence-electron chi connectivity index (χ0n) is 16.8. The number of carbonyl (C=O) groups excluding carboxylic acids is 1. The standard InChI is InChI=1S/C23H26NO4P/c1-4-12-20-19-15-10-11-16-21(19)29(26,28-6-3)24(17-22(25)27-5-2)23(20)18-13-8-7-9-14-18/h4,7-11,13-16H,1,5-6,12,17H2,2-3H3. The first-order valence-corrected chi connectivity index (χ1v) is 11.3. The number of carbonyl (C=O) groups is 1. The van der Waals surface area contributed by atoms with E-state index in [-0.39, 0.29) is 19.8 Å². The zero-order chi connectivity index (χ0) is 20.9. The van der Waals surface area contributed by atoms with Gasteiger partial charge in [0.1, 0.15) is 6.54 Å². The molecule has 1 heterocycles. The lowest BCUT2D eigenvalue weighted by Crippen LogP contribution is -2.36. The highest BCUT2D eigenvalue weighted by Gasteiger charge is 2.44. The van der Waals surface area contributed by atoms with Gasteiger partial charge in [-0.15, -0.1) is 6.58 Å². The van der Waals surface area contributed by atoms with Crippen LogP contribution in [0.4, 0.5) is 0 Å². The van der Waals surface area contributed by atoms with E-state index in [1.165, 1.54) is 0 Å². The molecule has 1 aliphatic heterocycles. The maximum absolute atomic E-state index is 14.3. The predicted octanol–water partition coefficient (Wildman–Crippen LogP) is 4.86. The minimum absolute atomic E-state index is 0.162. The van der Waals surface area contributed by atoms with Crippen molar-refractivity contribution in [3.8, 4) is 0 Å². The summed E-state index contributed by atoms with van der Waals surface area (Å²) in [6.45, 7) is 7.80. The normalized spacial score (nSPS) is 18.3. The molecule has 0 radical (unpaired) electrons. The first-order chi connectivity index (χ1) is 14.1. The summed E-state index contributed by atoms with van der Waals surface area (Å²) >= 11 is 0. The van der Waals surface area contributed by atoms with Gasteiger partial charge < -0.3 is 9.26 Å². The molecule has 29 heavy (non-hydrogen) atoms. The van der Waals surface area contributed by atoms with Crippen LogP contribution in [0.2, 0.25) is 0 Å². The van der Waals surface area contributed by atoms with Gasteiger partial charge in [-0.1, -0.05) is 54.6 Å². The van der Waals surface area contributed by atoms with Crippen molar-refractivity contribution in [3.05, 3.63) is 78.4 Å². The summed E-state index contributed by atoms with van der Waals surface area (Å²) in [6.07, 6.45) is 2.38. The van der Waals surface area contributed by atoms with E-state index in [4.69, 9.17) is 9.26 Å². The summed E-state index contributed by atoms with van der Waals surface area (Å²) in [4.78, 5) is 12.5. The Balaban J connectivity index is 2.32. The Bertz CT molecular complexity index is 968. The van der Waals surface area contributed by atoms with Gasteiger partial charge >= 0.3 is 13.5 Å². The first kappa shape index (κ1) is 21.1. The maximum atomic E-state index is 14.3. The molecular weight excluding hydrogens is 385 g/mol. The molecule has 1 atom stereocenters. The topological polar surface area (TPSA) is 55.8 Å². The van der Waals surface area contributed by atoms with Crippen LogP contribution < -0.4 is 5.30 Å². The van der Waals surface area contributed by atoms with Gasteiger partial charge in [0.2, 0.25) is 0 Å². The smallest absolute Gasteiger partial charge is 0.327 e. The van der Waals surface area contributed by atoms with Crippen molar-refractivity contribution >= 4 is 30.1 Å². The van der Waals surface area contributed by atoms with E-state index in [1.54, 1.807) is 18.5 Å². The van der Waals surface area contributed by atoms with Gasteiger partial charge in [0, 0.05) is 0 Å². The molecule has 0 aliphatic carbocycles. The minimum atomic E-state index is -3.53. The third-order valence-electron chi connectivity index (χ3n) is 4.68. The van der Waals surface area contributed by atoms with E-state index in [0.29, 0.717) is 17.4 Å². The van der Waals surface area contributed by atoms with Gasteiger partial charge in [-0.2, -0.15) is 0 Å². The largest absolute Gasteiger partial charge is 0.465 e. The van der Waals surface area contributed by atoms with Crippen molar-refractivity contribution in [2.24, 2.45) is 0 Å². The van der Waals surface area contributed by atoms with Crippen LogP contribution in [0.5, 0.6) is 0 Å². The number of rotatable bonds is 8. The molecule has 1 aliphatic rings. The number of allylic oxidation sites excluding steroid dienone is 2. The summed E-state index contributed by atoms with van der Waals surface area (Å²) in [5.41, 5.74) is 3.40. The number of fused-ring (bicyclic) bond motifs is 1. The summed E-state index contributed by atoms with van der Waals surface area (Å²) in [5, 5.41) is 0.600. The van der Waals surface area contributed by atoms with Gasteiger partial charge in [-0.05, 0) is 43.0 Å². The van der Waals surface area contributed by atoms with Crippen molar-refractivity contribution in [1.82, 2.24) is 4.67 Å². The number of nitrogens with zero attached hydrogens (tertiary/aromatic N) is 1. The summed E-state index contributed by atoms with van der Waals surface area (Å²) in [7, 11) is -3.53. The molecule has 0 saturated heterocycles. The Morgan fingerprint density at radius 3 is 2.41 bits per heavy atom. The van der Waals surface area contributed by atoms with E-state index >= 15 is 0 Å². The summed E-state index contributed by atoms with van der Waals surface area (Å²) < 4.78 is 27.0. The molecule has 0 saturated carbocycles. The molecule has 2 aromatic rings. The number of benzene rings is 2. The second-order valence-corrected chi connectivity index (χ2v) is 8.77. The fourth-order valence-electron chi connectivity index (χ4n) is 3.61. The lowest BCUT2D eigenvalue weighted by Gasteiger charge is -2.40. The monoisotopic (exact) mass is 411 g/mol. The SMILES string of the molecule is C=CCC1=C(c2ccccc2)N(CC(=O)OCC)P(=O)(OCC)c2ccccc21. The van der Waals surface area contributed by atoms with Gasteiger partial charge in [0.15, 0.2) is 0 Å². The van der Waals surface area contributed by atoms with E-state index in [9.17, 15) is 9.36 Å². The molecular formula is C23H26NO4P. The summed E-state index contributed by atoms with van der Waals surface area (Å²) in [5.74, 6) is -0.446. The lowest BCUT2D eigenvalue weighted by molar-refractivity contribution is -0.142. The quantitative estimate of drug-likeness (QED) is 0.353. The molecule has 6 heteroatoms. The second-order valence-electron chi connectivity index (χ2n) is 6.50. The van der Waals surface area contributed by atoms with Crippen molar-refractivity contribution in [1.29, 1.82) is 0 Å². The zero-order valence-corrected chi connectivity index (χ0v) is 17.7. The number of ether oxygens (including phenoxy) is 1. The molecule has 0 spiro atoms. The van der Waals surface area contributed by atoms with Crippen molar-refractivity contribution < 1.29 is 18.6 Å². The average molecular weight is 411 g/mol. The second kappa shape index (κ2) is 9.25. The predicted molar refractivity (Wildman–Crippen MR) is 117 cm³/mol. The molecule has 0 bridgehead atoms. The van der Waals surface area contributed by atoms with Crippen LogP contribution in [0.1, 0.15) is 31.4 Å². The molecule has 2 aromatic carbocycles. The Morgan fingerprint density at radius 1 is 1.07 bits per heavy atom. The number of hydrogen-bond donors (Lipinski definition) is 0. The molecule has 0 aromatic heterocycles. The average Bonchev–Trinajstić information content (AvgIpc) is 2.73. The highest BCUT2D eigenvalue weighted by Crippen LogP contribution is 2.59. The first-order valence-electron chi connectivity index (χ1n) is 9.74. The molecule has 1 unspecified atom stereocenters. The molecule has 0 amide bonds. The molecule has 0 fully saturated rings. The fraction of sp³-hybridized carbons (Fsp3) is 0.261. The van der Waals surface area contributed by atoms with Crippen LogP contribution in [-0.2, 0) is 18.6 Å². The highest BCUT2D eigenvalue weighted by atomic mass is 31.2. The molecule has 5 nitrogen and oxygen atoms in total. The minimum Gasteiger partial charge on any atom is -0.465 e. The van der Waals surface area contributed by atoms with Crippen molar-refractivity contribution in [3.63, 3.8) is 0 Å². The van der Waals surface area contributed by atoms with E-state index in [1.807, 2.05) is 60.7 Å². The van der Waals surface area contributed by atoms with Crippen LogP contribution in [0, 0.1) is 0 Å². The van der Waals surface area contributed by atoms with Gasteiger partial charge in [0.25, 0.3) is 0 Å². The highest BCUT2D eigenvalue weighted by molar-refractivity contribution is 7.65. The van der Waals surface area contributed by atoms with Gasteiger partial charge in [-0.3, -0.25) is 14.0 Å². The summed E-state index contributed by atoms with van der Waals surface area (Å²) in [6, 6.07) is 17.2. The third-order valence-corrected chi connectivity index (χ3v) is 7.26. The van der Waals surface area contributed by atoms with Crippen LogP contribution in [-0.4, -0.2) is 30.4 Å². The number of hydrogen-bond acceptors (Lipinski definition) is 4. The molecule has 3 rings (SSSR count). The van der Waals surface area contributed by atoms with Gasteiger partial charge in [-0.25, -0.2) is 0 Å². The Morgan fingerprint density at radius 2 is 1.76 bits per heavy atom. The van der Waals surface area contributed by atoms with E-state index < -0.39 is 13.5 Å². The molecule has 152 valence electrons. The Hall–Kier alpha value is -2.62.